The molecule has 0 saturated heterocycles. The summed E-state index contributed by atoms with van der Waals surface area (Å²) < 4.78 is 0. The normalized spacial score (nSPS) is 11.0. The van der Waals surface area contributed by atoms with Crippen molar-refractivity contribution < 1.29 is 4.79 Å². The summed E-state index contributed by atoms with van der Waals surface area (Å²) in [6.45, 7) is 6.89. The summed E-state index contributed by atoms with van der Waals surface area (Å²) in [6, 6.07) is 11.9. The van der Waals surface area contributed by atoms with Crippen LogP contribution in [0.5, 0.6) is 0 Å². The number of nitrogens with two attached hydrogens (primary N) is 1. The average Bonchev–Trinajstić information content (AvgIpc) is 2.43. The van der Waals surface area contributed by atoms with Gasteiger partial charge in [-0.2, -0.15) is 0 Å². The molecular formula is C17H22N2O. The molecule has 0 saturated carbocycles. The fourth-order valence-corrected chi connectivity index (χ4v) is 2.43. The molecule has 0 radical (unpaired) electrons. The summed E-state index contributed by atoms with van der Waals surface area (Å²) in [6.07, 6.45) is 0.942. The predicted molar refractivity (Wildman–Crippen MR) is 84.8 cm³/mol. The zero-order valence-electron chi connectivity index (χ0n) is 12.4. The molecule has 106 valence electrons. The van der Waals surface area contributed by atoms with Gasteiger partial charge in [-0.3, -0.25) is 4.79 Å². The highest BCUT2D eigenvalue weighted by Crippen LogP contribution is 2.23. The first kappa shape index (κ1) is 14.4. The lowest BCUT2D eigenvalue weighted by molar-refractivity contribution is 0.0707. The molecule has 0 aliphatic carbocycles. The zero-order valence-corrected chi connectivity index (χ0v) is 12.4. The van der Waals surface area contributed by atoms with Gasteiger partial charge in [-0.25, -0.2) is 0 Å². The van der Waals surface area contributed by atoms with E-state index in [-0.39, 0.29) is 11.9 Å². The molecule has 2 N–H and O–H groups in total. The molecule has 0 fully saturated rings. The van der Waals surface area contributed by atoms with E-state index in [1.54, 1.807) is 0 Å². The van der Waals surface area contributed by atoms with Crippen molar-refractivity contribution in [3.05, 3.63) is 42.0 Å². The third kappa shape index (κ3) is 2.77. The highest BCUT2D eigenvalue weighted by Gasteiger charge is 2.20. The molecule has 0 spiro atoms. The molecule has 2 rings (SSSR count). The molecule has 0 atom stereocenters. The minimum absolute atomic E-state index is 0.0186. The summed E-state index contributed by atoms with van der Waals surface area (Å²) >= 11 is 0. The van der Waals surface area contributed by atoms with Gasteiger partial charge in [0, 0.05) is 18.3 Å². The molecule has 0 bridgehead atoms. The van der Waals surface area contributed by atoms with Gasteiger partial charge < -0.3 is 10.6 Å². The van der Waals surface area contributed by atoms with E-state index in [2.05, 4.69) is 6.92 Å². The first-order valence-corrected chi connectivity index (χ1v) is 7.13. The molecule has 0 aliphatic heterocycles. The number of amides is 1. The second kappa shape index (κ2) is 5.95. The van der Waals surface area contributed by atoms with Gasteiger partial charge in [-0.05, 0) is 43.2 Å². The molecule has 2 aromatic rings. The molecule has 2 aromatic carbocycles. The number of hydrogen-bond donors (Lipinski definition) is 1. The van der Waals surface area contributed by atoms with Gasteiger partial charge in [0.2, 0.25) is 0 Å². The molecule has 3 heteroatoms. The van der Waals surface area contributed by atoms with E-state index in [9.17, 15) is 4.79 Å². The van der Waals surface area contributed by atoms with E-state index in [0.717, 1.165) is 23.7 Å². The summed E-state index contributed by atoms with van der Waals surface area (Å²) in [4.78, 5) is 14.6. The van der Waals surface area contributed by atoms with Crippen molar-refractivity contribution in [3.63, 3.8) is 0 Å². The number of carbonyl (C=O) groups excluding carboxylic acids is 1. The Labute approximate surface area is 120 Å². The van der Waals surface area contributed by atoms with Gasteiger partial charge in [0.1, 0.15) is 0 Å². The molecule has 0 aromatic heterocycles. The van der Waals surface area contributed by atoms with Gasteiger partial charge >= 0.3 is 0 Å². The van der Waals surface area contributed by atoms with Crippen LogP contribution in [-0.4, -0.2) is 23.4 Å². The average molecular weight is 270 g/mol. The Morgan fingerprint density at radius 2 is 1.80 bits per heavy atom. The predicted octanol–water partition coefficient (Wildman–Crippen LogP) is 3.68. The van der Waals surface area contributed by atoms with Crippen molar-refractivity contribution in [2.45, 2.75) is 33.2 Å². The maximum Gasteiger partial charge on any atom is 0.256 e. The van der Waals surface area contributed by atoms with Crippen LogP contribution in [0.4, 0.5) is 5.69 Å². The summed E-state index contributed by atoms with van der Waals surface area (Å²) in [5.41, 5.74) is 7.23. The number of carbonyl (C=O) groups is 1. The van der Waals surface area contributed by atoms with Crippen LogP contribution < -0.4 is 5.73 Å². The molecule has 0 unspecified atom stereocenters. The molecule has 0 aliphatic rings. The van der Waals surface area contributed by atoms with Gasteiger partial charge in [0.15, 0.2) is 0 Å². The van der Waals surface area contributed by atoms with Crippen molar-refractivity contribution in [3.8, 4) is 0 Å². The quantitative estimate of drug-likeness (QED) is 0.861. The second-order valence-corrected chi connectivity index (χ2v) is 5.38. The first-order valence-electron chi connectivity index (χ1n) is 7.13. The number of anilines is 1. The standard InChI is InChI=1S/C17H22N2O/c1-4-9-19(12(2)3)17(20)15-10-13-7-5-6-8-14(13)11-16(15)18/h5-8,10-12H,4,9,18H2,1-3H3. The number of fused-ring (bicyclic) bond motifs is 1. The SMILES string of the molecule is CCCN(C(=O)c1cc2ccccc2cc1N)C(C)C. The van der Waals surface area contributed by atoms with Gasteiger partial charge in [0.25, 0.3) is 5.91 Å². The van der Waals surface area contributed by atoms with Crippen LogP contribution in [0.1, 0.15) is 37.6 Å². The van der Waals surface area contributed by atoms with Crippen molar-refractivity contribution >= 4 is 22.4 Å². The first-order chi connectivity index (χ1) is 9.54. The Morgan fingerprint density at radius 1 is 1.20 bits per heavy atom. The van der Waals surface area contributed by atoms with E-state index < -0.39 is 0 Å². The highest BCUT2D eigenvalue weighted by molar-refractivity contribution is 6.04. The lowest BCUT2D eigenvalue weighted by atomic mass is 10.0. The van der Waals surface area contributed by atoms with Crippen LogP contribution in [-0.2, 0) is 0 Å². The Bertz CT molecular complexity index is 619. The smallest absolute Gasteiger partial charge is 0.256 e. The minimum Gasteiger partial charge on any atom is -0.398 e. The monoisotopic (exact) mass is 270 g/mol. The van der Waals surface area contributed by atoms with Crippen LogP contribution in [0.3, 0.4) is 0 Å². The van der Waals surface area contributed by atoms with Crippen LogP contribution in [0.25, 0.3) is 10.8 Å². The van der Waals surface area contributed by atoms with E-state index in [1.165, 1.54) is 0 Å². The van der Waals surface area contributed by atoms with E-state index in [1.807, 2.05) is 55.1 Å². The summed E-state index contributed by atoms with van der Waals surface area (Å²) in [5.74, 6) is 0.0186. The van der Waals surface area contributed by atoms with Gasteiger partial charge in [-0.1, -0.05) is 31.2 Å². The molecular weight excluding hydrogens is 248 g/mol. The largest absolute Gasteiger partial charge is 0.398 e. The number of hydrogen-bond acceptors (Lipinski definition) is 2. The Morgan fingerprint density at radius 3 is 2.35 bits per heavy atom. The fraction of sp³-hybridized carbons (Fsp3) is 0.353. The minimum atomic E-state index is 0.0186. The summed E-state index contributed by atoms with van der Waals surface area (Å²) in [5, 5.41) is 2.11. The Balaban J connectivity index is 2.45. The number of nitrogen functional groups attached to an aromatic ring is 1. The lowest BCUT2D eigenvalue weighted by Crippen LogP contribution is -2.37. The fourth-order valence-electron chi connectivity index (χ4n) is 2.43. The lowest BCUT2D eigenvalue weighted by Gasteiger charge is -2.27. The molecule has 0 heterocycles. The van der Waals surface area contributed by atoms with Crippen LogP contribution in [0.15, 0.2) is 36.4 Å². The Kier molecular flexibility index (Phi) is 4.28. The Hall–Kier alpha value is -2.03. The number of rotatable bonds is 4. The zero-order chi connectivity index (χ0) is 14.7. The molecule has 1 amide bonds. The van der Waals surface area contributed by atoms with Gasteiger partial charge in [0.05, 0.1) is 5.56 Å². The number of nitrogens with zero attached hydrogens (tertiary/aromatic N) is 1. The highest BCUT2D eigenvalue weighted by atomic mass is 16.2. The van der Waals surface area contributed by atoms with Crippen molar-refractivity contribution in [2.75, 3.05) is 12.3 Å². The van der Waals surface area contributed by atoms with Gasteiger partial charge in [-0.15, -0.1) is 0 Å². The third-order valence-corrected chi connectivity index (χ3v) is 3.50. The van der Waals surface area contributed by atoms with E-state index in [4.69, 9.17) is 5.73 Å². The maximum absolute atomic E-state index is 12.7. The summed E-state index contributed by atoms with van der Waals surface area (Å²) in [7, 11) is 0. The third-order valence-electron chi connectivity index (χ3n) is 3.50. The maximum atomic E-state index is 12.7. The van der Waals surface area contributed by atoms with E-state index >= 15 is 0 Å². The van der Waals surface area contributed by atoms with Crippen molar-refractivity contribution in [2.24, 2.45) is 0 Å². The number of benzene rings is 2. The van der Waals surface area contributed by atoms with Crippen LogP contribution in [0.2, 0.25) is 0 Å². The van der Waals surface area contributed by atoms with Crippen LogP contribution in [0, 0.1) is 0 Å². The van der Waals surface area contributed by atoms with Crippen LogP contribution >= 0.6 is 0 Å². The van der Waals surface area contributed by atoms with Crippen molar-refractivity contribution in [1.82, 2.24) is 4.90 Å². The van der Waals surface area contributed by atoms with E-state index in [0.29, 0.717) is 11.3 Å². The molecule has 20 heavy (non-hydrogen) atoms. The second-order valence-electron chi connectivity index (χ2n) is 5.38. The van der Waals surface area contributed by atoms with Crippen molar-refractivity contribution in [1.29, 1.82) is 0 Å². The molecule has 3 nitrogen and oxygen atoms in total. The topological polar surface area (TPSA) is 46.3 Å².